The lowest BCUT2D eigenvalue weighted by atomic mass is 9.69. The molecule has 2 aliphatic carbocycles. The number of aliphatic hydroxyl groups excluding tert-OH is 1. The molecule has 2 N–H and O–H groups in total. The molecule has 0 bridgehead atoms. The smallest absolute Gasteiger partial charge is 0.124 e. The molecule has 4 unspecified atom stereocenters. The molecule has 2 aliphatic rings. The van der Waals surface area contributed by atoms with Gasteiger partial charge in [0.2, 0.25) is 0 Å². The van der Waals surface area contributed by atoms with E-state index in [9.17, 15) is 5.11 Å². The van der Waals surface area contributed by atoms with Crippen molar-refractivity contribution in [3.63, 3.8) is 0 Å². The predicted molar refractivity (Wildman–Crippen MR) is 89.7 cm³/mol. The molecule has 2 heteroatoms. The number of nitrogens with one attached hydrogen (secondary N) is 1. The van der Waals surface area contributed by atoms with Gasteiger partial charge in [-0.1, -0.05) is 51.7 Å². The molecule has 0 spiro atoms. The van der Waals surface area contributed by atoms with E-state index in [1.165, 1.54) is 31.4 Å². The molecule has 2 rings (SSSR count). The monoisotopic (exact) mass is 291 g/mol. The third-order valence-electron chi connectivity index (χ3n) is 5.55. The summed E-state index contributed by atoms with van der Waals surface area (Å²) in [5.74, 6) is 2.48. The molecule has 21 heavy (non-hydrogen) atoms. The average Bonchev–Trinajstić information content (AvgIpc) is 2.49. The highest BCUT2D eigenvalue weighted by molar-refractivity contribution is 5.25. The maximum Gasteiger partial charge on any atom is 0.124 e. The minimum absolute atomic E-state index is 0.375. The van der Waals surface area contributed by atoms with Crippen LogP contribution in [0.1, 0.15) is 72.1 Å². The zero-order chi connectivity index (χ0) is 15.2. The van der Waals surface area contributed by atoms with Crippen LogP contribution in [0.15, 0.2) is 23.4 Å². The molecule has 0 aromatic carbocycles. The maximum atomic E-state index is 9.95. The fraction of sp³-hybridized carbons (Fsp3) is 0.789. The van der Waals surface area contributed by atoms with E-state index in [0.29, 0.717) is 0 Å². The largest absolute Gasteiger partial charge is 0.374 e. The average molecular weight is 291 g/mol. The standard InChI is InChI=1S/C19H33NO/c1-4-5-9-19(21)20-17-12-10-16(11-13-17)18-8-6-7-14(2)15(18)3/h10,12,14-15,18-21H,4-9,11,13H2,1-3H3. The highest BCUT2D eigenvalue weighted by Crippen LogP contribution is 2.41. The van der Waals surface area contributed by atoms with Gasteiger partial charge < -0.3 is 10.4 Å². The Balaban J connectivity index is 1.90. The Morgan fingerprint density at radius 3 is 2.71 bits per heavy atom. The zero-order valence-corrected chi connectivity index (χ0v) is 14.1. The number of unbranched alkanes of at least 4 members (excludes halogenated alkanes) is 1. The molecule has 1 saturated carbocycles. The van der Waals surface area contributed by atoms with Gasteiger partial charge in [0.15, 0.2) is 0 Å². The van der Waals surface area contributed by atoms with Crippen molar-refractivity contribution in [2.75, 3.05) is 0 Å². The Labute approximate surface area is 130 Å². The van der Waals surface area contributed by atoms with E-state index in [2.05, 4.69) is 38.2 Å². The van der Waals surface area contributed by atoms with Gasteiger partial charge in [0.1, 0.15) is 6.23 Å². The third-order valence-corrected chi connectivity index (χ3v) is 5.55. The summed E-state index contributed by atoms with van der Waals surface area (Å²) in [6.07, 6.45) is 13.6. The Morgan fingerprint density at radius 1 is 1.24 bits per heavy atom. The summed E-state index contributed by atoms with van der Waals surface area (Å²) in [6.45, 7) is 7.00. The lowest BCUT2D eigenvalue weighted by Gasteiger charge is -2.36. The molecule has 0 amide bonds. The normalized spacial score (nSPS) is 31.3. The van der Waals surface area contributed by atoms with Crippen LogP contribution in [0.5, 0.6) is 0 Å². The Bertz CT molecular complexity index is 385. The van der Waals surface area contributed by atoms with Crippen LogP contribution >= 0.6 is 0 Å². The molecular formula is C19H33NO. The molecule has 0 radical (unpaired) electrons. The van der Waals surface area contributed by atoms with Gasteiger partial charge in [-0.3, -0.25) is 0 Å². The van der Waals surface area contributed by atoms with Crippen molar-refractivity contribution in [1.29, 1.82) is 0 Å². The predicted octanol–water partition coefficient (Wildman–Crippen LogP) is 4.76. The molecule has 0 heterocycles. The fourth-order valence-electron chi connectivity index (χ4n) is 3.87. The minimum Gasteiger partial charge on any atom is -0.374 e. The number of allylic oxidation sites excluding steroid dienone is 4. The summed E-state index contributed by atoms with van der Waals surface area (Å²) in [5, 5.41) is 13.2. The summed E-state index contributed by atoms with van der Waals surface area (Å²) < 4.78 is 0. The van der Waals surface area contributed by atoms with E-state index in [1.807, 2.05) is 0 Å². The second-order valence-corrected chi connectivity index (χ2v) is 7.11. The molecule has 2 nitrogen and oxygen atoms in total. The summed E-state index contributed by atoms with van der Waals surface area (Å²) in [5.41, 5.74) is 2.85. The molecule has 4 atom stereocenters. The number of hydrogen-bond acceptors (Lipinski definition) is 2. The fourth-order valence-corrected chi connectivity index (χ4v) is 3.87. The lowest BCUT2D eigenvalue weighted by molar-refractivity contribution is 0.135. The zero-order valence-electron chi connectivity index (χ0n) is 14.1. The van der Waals surface area contributed by atoms with E-state index >= 15 is 0 Å². The highest BCUT2D eigenvalue weighted by atomic mass is 16.3. The molecule has 120 valence electrons. The van der Waals surface area contributed by atoms with Gasteiger partial charge in [0, 0.05) is 5.70 Å². The van der Waals surface area contributed by atoms with Crippen molar-refractivity contribution < 1.29 is 5.11 Å². The van der Waals surface area contributed by atoms with E-state index in [4.69, 9.17) is 0 Å². The molecule has 0 aliphatic heterocycles. The van der Waals surface area contributed by atoms with Crippen LogP contribution in [0.4, 0.5) is 0 Å². The first-order valence-corrected chi connectivity index (χ1v) is 8.96. The van der Waals surface area contributed by atoms with Gasteiger partial charge in [-0.15, -0.1) is 0 Å². The van der Waals surface area contributed by atoms with Crippen molar-refractivity contribution in [3.8, 4) is 0 Å². The van der Waals surface area contributed by atoms with Crippen LogP contribution in [0.2, 0.25) is 0 Å². The van der Waals surface area contributed by atoms with E-state index < -0.39 is 0 Å². The third kappa shape index (κ3) is 4.60. The van der Waals surface area contributed by atoms with Gasteiger partial charge in [-0.05, 0) is 55.9 Å². The van der Waals surface area contributed by atoms with E-state index in [-0.39, 0.29) is 6.23 Å². The number of aliphatic hydroxyl groups is 1. The highest BCUT2D eigenvalue weighted by Gasteiger charge is 2.29. The van der Waals surface area contributed by atoms with Crippen LogP contribution in [-0.2, 0) is 0 Å². The van der Waals surface area contributed by atoms with Crippen molar-refractivity contribution >= 4 is 0 Å². The Morgan fingerprint density at radius 2 is 2.05 bits per heavy atom. The summed E-state index contributed by atoms with van der Waals surface area (Å²) in [7, 11) is 0. The summed E-state index contributed by atoms with van der Waals surface area (Å²) in [4.78, 5) is 0. The molecule has 0 aromatic heterocycles. The first kappa shape index (κ1) is 16.6. The van der Waals surface area contributed by atoms with Gasteiger partial charge in [-0.25, -0.2) is 0 Å². The molecule has 0 saturated heterocycles. The van der Waals surface area contributed by atoms with Crippen LogP contribution in [0.25, 0.3) is 0 Å². The quantitative estimate of drug-likeness (QED) is 0.691. The second-order valence-electron chi connectivity index (χ2n) is 7.11. The van der Waals surface area contributed by atoms with Gasteiger partial charge >= 0.3 is 0 Å². The topological polar surface area (TPSA) is 32.3 Å². The molecule has 0 aromatic rings. The summed E-state index contributed by atoms with van der Waals surface area (Å²) >= 11 is 0. The summed E-state index contributed by atoms with van der Waals surface area (Å²) in [6, 6.07) is 0. The van der Waals surface area contributed by atoms with Crippen molar-refractivity contribution in [2.45, 2.75) is 78.4 Å². The van der Waals surface area contributed by atoms with Crippen molar-refractivity contribution in [3.05, 3.63) is 23.4 Å². The van der Waals surface area contributed by atoms with Crippen LogP contribution in [-0.4, -0.2) is 11.3 Å². The van der Waals surface area contributed by atoms with Crippen molar-refractivity contribution in [1.82, 2.24) is 5.32 Å². The Hall–Kier alpha value is -0.760. The first-order chi connectivity index (χ1) is 10.1. The maximum absolute atomic E-state index is 9.95. The van der Waals surface area contributed by atoms with Gasteiger partial charge in [0.25, 0.3) is 0 Å². The SMILES string of the molecule is CCCCC(O)NC1=CC=C(C2CCCC(C)C2C)CC1. The molecule has 1 fully saturated rings. The first-order valence-electron chi connectivity index (χ1n) is 8.96. The van der Waals surface area contributed by atoms with Crippen LogP contribution < -0.4 is 5.32 Å². The molecular weight excluding hydrogens is 258 g/mol. The number of rotatable bonds is 6. The number of hydrogen-bond donors (Lipinski definition) is 2. The Kier molecular flexibility index (Phi) is 6.35. The minimum atomic E-state index is -0.375. The van der Waals surface area contributed by atoms with Crippen LogP contribution in [0.3, 0.4) is 0 Å². The van der Waals surface area contributed by atoms with Crippen LogP contribution in [0, 0.1) is 17.8 Å². The second kappa shape index (κ2) is 8.03. The van der Waals surface area contributed by atoms with Gasteiger partial charge in [0.05, 0.1) is 0 Å². The van der Waals surface area contributed by atoms with E-state index in [0.717, 1.165) is 43.4 Å². The lowest BCUT2D eigenvalue weighted by Crippen LogP contribution is -2.30. The van der Waals surface area contributed by atoms with Gasteiger partial charge in [-0.2, -0.15) is 0 Å². The van der Waals surface area contributed by atoms with E-state index in [1.54, 1.807) is 5.57 Å². The van der Waals surface area contributed by atoms with Crippen molar-refractivity contribution in [2.24, 2.45) is 17.8 Å².